The number of hydrogen-bond donors (Lipinski definition) is 1. The van der Waals surface area contributed by atoms with E-state index in [0.29, 0.717) is 6.04 Å². The van der Waals surface area contributed by atoms with E-state index in [1.54, 1.807) is 0 Å². The van der Waals surface area contributed by atoms with Crippen molar-refractivity contribution in [2.75, 3.05) is 0 Å². The van der Waals surface area contributed by atoms with E-state index < -0.39 is 0 Å². The van der Waals surface area contributed by atoms with Crippen LogP contribution in [0, 0.1) is 0 Å². The summed E-state index contributed by atoms with van der Waals surface area (Å²) in [6.45, 7) is 14.1. The molecule has 0 bridgehead atoms. The first kappa shape index (κ1) is 14.2. The van der Waals surface area contributed by atoms with Crippen LogP contribution in [0.2, 0.25) is 0 Å². The fraction of sp³-hybridized carbons (Fsp3) is 0.786. The number of nitrogens with one attached hydrogen (secondary N) is 1. The van der Waals surface area contributed by atoms with Crippen molar-refractivity contribution < 1.29 is 0 Å². The Balaban J connectivity index is 2.84. The van der Waals surface area contributed by atoms with E-state index in [9.17, 15) is 0 Å². The van der Waals surface area contributed by atoms with Crippen molar-refractivity contribution in [2.24, 2.45) is 0 Å². The molecular weight excluding hydrogens is 210 g/mol. The van der Waals surface area contributed by atoms with E-state index >= 15 is 0 Å². The van der Waals surface area contributed by atoms with Crippen LogP contribution in [0.3, 0.4) is 0 Å². The molecule has 3 heteroatoms. The minimum atomic E-state index is 0.156. The second kappa shape index (κ2) is 5.67. The van der Waals surface area contributed by atoms with Crippen LogP contribution in [0.15, 0.2) is 6.20 Å². The van der Waals surface area contributed by atoms with Crippen molar-refractivity contribution in [1.82, 2.24) is 15.1 Å². The third-order valence-corrected chi connectivity index (χ3v) is 2.77. The first-order valence-corrected chi connectivity index (χ1v) is 6.65. The third-order valence-electron chi connectivity index (χ3n) is 2.77. The Bertz CT molecular complexity index is 345. The van der Waals surface area contributed by atoms with E-state index in [4.69, 9.17) is 0 Å². The van der Waals surface area contributed by atoms with Crippen molar-refractivity contribution in [3.8, 4) is 0 Å². The highest BCUT2D eigenvalue weighted by molar-refractivity contribution is 5.18. The molecule has 0 aliphatic carbocycles. The average molecular weight is 237 g/mol. The van der Waals surface area contributed by atoms with Gasteiger partial charge in [-0.15, -0.1) is 0 Å². The predicted octanol–water partition coefficient (Wildman–Crippen LogP) is 3.30. The number of rotatable bonds is 5. The maximum Gasteiger partial charge on any atom is 0.0537 e. The molecule has 3 nitrogen and oxygen atoms in total. The molecule has 1 aromatic heterocycles. The minimum absolute atomic E-state index is 0.156. The van der Waals surface area contributed by atoms with Crippen LogP contribution in [0.1, 0.15) is 65.3 Å². The highest BCUT2D eigenvalue weighted by Gasteiger charge is 2.14. The van der Waals surface area contributed by atoms with Crippen LogP contribution >= 0.6 is 0 Å². The minimum Gasteiger partial charge on any atom is -0.308 e. The average Bonchev–Trinajstić information content (AvgIpc) is 2.58. The molecule has 1 aromatic rings. The van der Waals surface area contributed by atoms with Crippen LogP contribution in [-0.2, 0) is 13.0 Å². The van der Waals surface area contributed by atoms with Gasteiger partial charge in [0.2, 0.25) is 0 Å². The Hall–Kier alpha value is -0.830. The van der Waals surface area contributed by atoms with E-state index in [2.05, 4.69) is 56.6 Å². The lowest BCUT2D eigenvalue weighted by molar-refractivity contribution is 0.422. The molecule has 0 aliphatic heterocycles. The standard InChI is InChI=1S/C14H27N3/c1-7-8-13-12(9-15-14(4,5)6)10-16-17(13)11(2)3/h10-11,15H,7-9H2,1-6H3. The molecule has 0 amide bonds. The highest BCUT2D eigenvalue weighted by atomic mass is 15.3. The molecule has 0 atom stereocenters. The Kier molecular flexibility index (Phi) is 4.75. The van der Waals surface area contributed by atoms with Crippen LogP contribution in [-0.4, -0.2) is 15.3 Å². The topological polar surface area (TPSA) is 29.9 Å². The largest absolute Gasteiger partial charge is 0.308 e. The fourth-order valence-electron chi connectivity index (χ4n) is 1.89. The van der Waals surface area contributed by atoms with Gasteiger partial charge in [-0.3, -0.25) is 4.68 Å². The van der Waals surface area contributed by atoms with E-state index in [1.165, 1.54) is 17.7 Å². The van der Waals surface area contributed by atoms with Crippen LogP contribution in [0.4, 0.5) is 0 Å². The summed E-state index contributed by atoms with van der Waals surface area (Å²) in [5, 5.41) is 8.05. The summed E-state index contributed by atoms with van der Waals surface area (Å²) >= 11 is 0. The molecule has 98 valence electrons. The molecule has 0 aliphatic rings. The van der Waals surface area contributed by atoms with Gasteiger partial charge in [0.05, 0.1) is 6.20 Å². The summed E-state index contributed by atoms with van der Waals surface area (Å²) < 4.78 is 2.16. The zero-order valence-electron chi connectivity index (χ0n) is 12.2. The second-order valence-corrected chi connectivity index (χ2v) is 6.01. The first-order valence-electron chi connectivity index (χ1n) is 6.65. The Morgan fingerprint density at radius 2 is 2.00 bits per heavy atom. The summed E-state index contributed by atoms with van der Waals surface area (Å²) in [6, 6.07) is 0.444. The molecule has 0 aromatic carbocycles. The third kappa shape index (κ3) is 4.15. The summed E-state index contributed by atoms with van der Waals surface area (Å²) in [5.41, 5.74) is 2.89. The second-order valence-electron chi connectivity index (χ2n) is 6.01. The maximum absolute atomic E-state index is 4.51. The molecule has 0 saturated heterocycles. The number of hydrogen-bond acceptors (Lipinski definition) is 2. The summed E-state index contributed by atoms with van der Waals surface area (Å²) in [4.78, 5) is 0. The van der Waals surface area contributed by atoms with Gasteiger partial charge >= 0.3 is 0 Å². The van der Waals surface area contributed by atoms with Gasteiger partial charge in [0.15, 0.2) is 0 Å². The van der Waals surface area contributed by atoms with E-state index in [0.717, 1.165) is 13.0 Å². The smallest absolute Gasteiger partial charge is 0.0537 e. The lowest BCUT2D eigenvalue weighted by Crippen LogP contribution is -2.35. The molecule has 1 heterocycles. The zero-order chi connectivity index (χ0) is 13.1. The Morgan fingerprint density at radius 1 is 1.35 bits per heavy atom. The van der Waals surface area contributed by atoms with Crippen molar-refractivity contribution >= 4 is 0 Å². The number of nitrogens with zero attached hydrogens (tertiary/aromatic N) is 2. The molecule has 1 rings (SSSR count). The van der Waals surface area contributed by atoms with Crippen molar-refractivity contribution in [2.45, 2.75) is 72.5 Å². The zero-order valence-corrected chi connectivity index (χ0v) is 12.2. The fourth-order valence-corrected chi connectivity index (χ4v) is 1.89. The quantitative estimate of drug-likeness (QED) is 0.851. The van der Waals surface area contributed by atoms with Gasteiger partial charge in [-0.25, -0.2) is 0 Å². The summed E-state index contributed by atoms with van der Waals surface area (Å²) in [7, 11) is 0. The molecular formula is C14H27N3. The lowest BCUT2D eigenvalue weighted by atomic mass is 10.1. The normalized spacial score (nSPS) is 12.4. The summed E-state index contributed by atoms with van der Waals surface area (Å²) in [6.07, 6.45) is 4.30. The molecule has 0 radical (unpaired) electrons. The van der Waals surface area contributed by atoms with Crippen LogP contribution in [0.5, 0.6) is 0 Å². The van der Waals surface area contributed by atoms with Gasteiger partial charge < -0.3 is 5.32 Å². The molecule has 1 N–H and O–H groups in total. The molecule has 0 spiro atoms. The molecule has 0 fully saturated rings. The molecule has 17 heavy (non-hydrogen) atoms. The Labute approximate surface area is 106 Å². The lowest BCUT2D eigenvalue weighted by Gasteiger charge is -2.21. The number of aromatic nitrogens is 2. The van der Waals surface area contributed by atoms with Gasteiger partial charge in [-0.05, 0) is 41.0 Å². The van der Waals surface area contributed by atoms with Gasteiger partial charge in [-0.1, -0.05) is 13.3 Å². The molecule has 0 unspecified atom stereocenters. The summed E-state index contributed by atoms with van der Waals surface area (Å²) in [5.74, 6) is 0. The Morgan fingerprint density at radius 3 is 2.47 bits per heavy atom. The van der Waals surface area contributed by atoms with Gasteiger partial charge in [-0.2, -0.15) is 5.10 Å². The molecule has 0 saturated carbocycles. The predicted molar refractivity (Wildman–Crippen MR) is 73.2 cm³/mol. The van der Waals surface area contributed by atoms with E-state index in [-0.39, 0.29) is 5.54 Å². The van der Waals surface area contributed by atoms with Gasteiger partial charge in [0, 0.05) is 29.4 Å². The van der Waals surface area contributed by atoms with Gasteiger partial charge in [0.25, 0.3) is 0 Å². The van der Waals surface area contributed by atoms with Crippen molar-refractivity contribution in [3.63, 3.8) is 0 Å². The van der Waals surface area contributed by atoms with E-state index in [1.807, 2.05) is 6.20 Å². The first-order chi connectivity index (χ1) is 7.85. The maximum atomic E-state index is 4.51. The SMILES string of the molecule is CCCc1c(CNC(C)(C)C)cnn1C(C)C. The van der Waals surface area contributed by atoms with Crippen LogP contribution in [0.25, 0.3) is 0 Å². The van der Waals surface area contributed by atoms with Crippen molar-refractivity contribution in [3.05, 3.63) is 17.5 Å². The monoisotopic (exact) mass is 237 g/mol. The van der Waals surface area contributed by atoms with Gasteiger partial charge in [0.1, 0.15) is 0 Å². The van der Waals surface area contributed by atoms with Crippen LogP contribution < -0.4 is 5.32 Å². The highest BCUT2D eigenvalue weighted by Crippen LogP contribution is 2.16. The van der Waals surface area contributed by atoms with Crippen molar-refractivity contribution in [1.29, 1.82) is 0 Å².